The van der Waals surface area contributed by atoms with Gasteiger partial charge < -0.3 is 4.79 Å². The van der Waals surface area contributed by atoms with Crippen molar-refractivity contribution >= 4 is 12.1 Å². The van der Waals surface area contributed by atoms with E-state index in [1.54, 1.807) is 6.92 Å². The first-order valence-electron chi connectivity index (χ1n) is 12.1. The van der Waals surface area contributed by atoms with E-state index in [2.05, 4.69) is 70.2 Å². The molecule has 3 aromatic carbocycles. The lowest BCUT2D eigenvalue weighted by Gasteiger charge is -2.01. The van der Waals surface area contributed by atoms with Crippen molar-refractivity contribution < 1.29 is 9.59 Å². The third-order valence-corrected chi connectivity index (χ3v) is 4.19. The molecular weight excluding hydrogens is 428 g/mol. The fraction of sp³-hybridized carbons (Fsp3) is 0.273. The topological polar surface area (TPSA) is 34.1 Å². The Hall–Kier alpha value is -3.52. The Labute approximate surface area is 214 Å². The van der Waals surface area contributed by atoms with E-state index in [9.17, 15) is 4.79 Å². The maximum absolute atomic E-state index is 11.1. The second kappa shape index (κ2) is 22.3. The van der Waals surface area contributed by atoms with Crippen molar-refractivity contribution in [1.29, 1.82) is 0 Å². The van der Waals surface area contributed by atoms with Gasteiger partial charge in [0.1, 0.15) is 6.29 Å². The molecule has 3 rings (SSSR count). The SMILES string of the molecule is C/C=C\C=C(C)C.CC.CC(=O)c1ccc(-c2ccccc2)cc1.CC=O.Cc1cccc(C)c1. The summed E-state index contributed by atoms with van der Waals surface area (Å²) >= 11 is 0. The Morgan fingerprint density at radius 3 is 1.46 bits per heavy atom. The Morgan fingerprint density at radius 2 is 1.14 bits per heavy atom. The molecule has 3 aromatic rings. The van der Waals surface area contributed by atoms with Gasteiger partial charge in [0, 0.05) is 5.56 Å². The molecule has 0 spiro atoms. The molecule has 0 bridgehead atoms. The quantitative estimate of drug-likeness (QED) is 0.216. The maximum Gasteiger partial charge on any atom is 0.159 e. The predicted molar refractivity (Wildman–Crippen MR) is 155 cm³/mol. The number of carbonyl (C=O) groups excluding carboxylic acids is 2. The first kappa shape index (κ1) is 33.7. The van der Waals surface area contributed by atoms with Crippen LogP contribution in [0.15, 0.2) is 103 Å². The van der Waals surface area contributed by atoms with E-state index in [0.717, 1.165) is 17.4 Å². The van der Waals surface area contributed by atoms with E-state index in [-0.39, 0.29) is 5.78 Å². The minimum Gasteiger partial charge on any atom is -0.304 e. The number of aldehydes is 1. The molecule has 0 aliphatic rings. The van der Waals surface area contributed by atoms with Crippen LogP contribution in [0.25, 0.3) is 11.1 Å². The van der Waals surface area contributed by atoms with Crippen LogP contribution < -0.4 is 0 Å². The summed E-state index contributed by atoms with van der Waals surface area (Å²) in [7, 11) is 0. The number of benzene rings is 3. The number of aryl methyl sites for hydroxylation is 2. The lowest BCUT2D eigenvalue weighted by molar-refractivity contribution is -0.106. The molecule has 0 N–H and O–H groups in total. The second-order valence-corrected chi connectivity index (χ2v) is 7.66. The summed E-state index contributed by atoms with van der Waals surface area (Å²) in [4.78, 5) is 19.9. The molecule has 0 saturated carbocycles. The van der Waals surface area contributed by atoms with Gasteiger partial charge in [-0.1, -0.05) is 128 Å². The van der Waals surface area contributed by atoms with Crippen molar-refractivity contribution in [2.45, 2.75) is 62.3 Å². The summed E-state index contributed by atoms with van der Waals surface area (Å²) in [5.41, 5.74) is 7.09. The fourth-order valence-corrected chi connectivity index (χ4v) is 2.62. The highest BCUT2D eigenvalue weighted by Gasteiger charge is 1.99. The first-order valence-corrected chi connectivity index (χ1v) is 12.1. The van der Waals surface area contributed by atoms with E-state index in [1.807, 2.05) is 75.4 Å². The van der Waals surface area contributed by atoms with Gasteiger partial charge in [0.15, 0.2) is 5.78 Å². The lowest BCUT2D eigenvalue weighted by atomic mass is 10.0. The number of allylic oxidation sites excluding steroid dienone is 4. The standard InChI is InChI=1S/C14H12O.C8H10.C7H12.C2H4O.C2H6/c1-11(15)12-7-9-14(10-8-12)13-5-3-2-4-6-13;1-7-4-3-5-8(2)6-7;1-4-5-6-7(2)3;1-2-3;1-2/h2-10H,1H3;3-6H,1-2H3;4-6H,1-3H3;2H,1H3;1-2H3/b;;5-4-;;. The molecule has 0 amide bonds. The fourth-order valence-electron chi connectivity index (χ4n) is 2.62. The molecule has 0 aromatic heterocycles. The molecule has 0 aliphatic heterocycles. The smallest absolute Gasteiger partial charge is 0.159 e. The molecule has 0 radical (unpaired) electrons. The zero-order chi connectivity index (χ0) is 27.1. The van der Waals surface area contributed by atoms with Crippen molar-refractivity contribution in [3.63, 3.8) is 0 Å². The number of hydrogen-bond donors (Lipinski definition) is 0. The van der Waals surface area contributed by atoms with E-state index < -0.39 is 0 Å². The molecule has 2 nitrogen and oxygen atoms in total. The largest absolute Gasteiger partial charge is 0.304 e. The Bertz CT molecular complexity index is 974. The summed E-state index contributed by atoms with van der Waals surface area (Å²) in [6.07, 6.45) is 6.89. The molecular formula is C33H44O2. The number of hydrogen-bond acceptors (Lipinski definition) is 2. The van der Waals surface area contributed by atoms with Crippen molar-refractivity contribution in [2.75, 3.05) is 0 Å². The van der Waals surface area contributed by atoms with Crippen LogP contribution in [-0.4, -0.2) is 12.1 Å². The highest BCUT2D eigenvalue weighted by molar-refractivity contribution is 5.94. The average molecular weight is 473 g/mol. The van der Waals surface area contributed by atoms with Gasteiger partial charge in [-0.25, -0.2) is 0 Å². The molecule has 0 aliphatic carbocycles. The first-order chi connectivity index (χ1) is 16.7. The molecule has 35 heavy (non-hydrogen) atoms. The van der Waals surface area contributed by atoms with Crippen LogP contribution in [0.5, 0.6) is 0 Å². The van der Waals surface area contributed by atoms with E-state index in [4.69, 9.17) is 4.79 Å². The van der Waals surface area contributed by atoms with Gasteiger partial charge in [0.2, 0.25) is 0 Å². The average Bonchev–Trinajstić information content (AvgIpc) is 2.86. The maximum atomic E-state index is 11.1. The van der Waals surface area contributed by atoms with Crippen molar-refractivity contribution in [1.82, 2.24) is 0 Å². The highest BCUT2D eigenvalue weighted by atomic mass is 16.1. The van der Waals surface area contributed by atoms with Gasteiger partial charge in [-0.05, 0) is 59.6 Å². The highest BCUT2D eigenvalue weighted by Crippen LogP contribution is 2.19. The molecule has 188 valence electrons. The molecule has 0 saturated heterocycles. The van der Waals surface area contributed by atoms with Gasteiger partial charge in [-0.3, -0.25) is 4.79 Å². The summed E-state index contributed by atoms with van der Waals surface area (Å²) < 4.78 is 0. The van der Waals surface area contributed by atoms with Crippen LogP contribution in [0.4, 0.5) is 0 Å². The van der Waals surface area contributed by atoms with Crippen LogP contribution in [0.3, 0.4) is 0 Å². The second-order valence-electron chi connectivity index (χ2n) is 7.66. The number of ketones is 1. The van der Waals surface area contributed by atoms with Gasteiger partial charge in [0.05, 0.1) is 0 Å². The Kier molecular flexibility index (Phi) is 21.4. The van der Waals surface area contributed by atoms with Gasteiger partial charge in [-0.2, -0.15) is 0 Å². The number of rotatable bonds is 3. The predicted octanol–water partition coefficient (Wildman–Crippen LogP) is 9.62. The van der Waals surface area contributed by atoms with Crippen LogP contribution in [0.2, 0.25) is 0 Å². The van der Waals surface area contributed by atoms with E-state index >= 15 is 0 Å². The number of carbonyl (C=O) groups is 2. The molecule has 0 atom stereocenters. The molecule has 0 heterocycles. The normalized spacial score (nSPS) is 8.83. The zero-order valence-electron chi connectivity index (χ0n) is 23.1. The van der Waals surface area contributed by atoms with Crippen LogP contribution >= 0.6 is 0 Å². The van der Waals surface area contributed by atoms with Crippen molar-refractivity contribution in [2.24, 2.45) is 0 Å². The van der Waals surface area contributed by atoms with Gasteiger partial charge in [0.25, 0.3) is 0 Å². The van der Waals surface area contributed by atoms with Gasteiger partial charge >= 0.3 is 0 Å². The Balaban J connectivity index is 0. The monoisotopic (exact) mass is 472 g/mol. The molecule has 0 fully saturated rings. The van der Waals surface area contributed by atoms with Crippen LogP contribution in [0, 0.1) is 13.8 Å². The summed E-state index contributed by atoms with van der Waals surface area (Å²) in [5, 5.41) is 0. The summed E-state index contributed by atoms with van der Waals surface area (Å²) in [6, 6.07) is 26.3. The zero-order valence-corrected chi connectivity index (χ0v) is 23.1. The van der Waals surface area contributed by atoms with Crippen LogP contribution in [-0.2, 0) is 4.79 Å². The minimum atomic E-state index is 0.106. The van der Waals surface area contributed by atoms with Gasteiger partial charge in [-0.15, -0.1) is 0 Å². The molecule has 2 heteroatoms. The minimum absolute atomic E-state index is 0.106. The van der Waals surface area contributed by atoms with Crippen molar-refractivity contribution in [3.05, 3.63) is 119 Å². The lowest BCUT2D eigenvalue weighted by Crippen LogP contribution is -1.90. The van der Waals surface area contributed by atoms with Crippen molar-refractivity contribution in [3.8, 4) is 11.1 Å². The molecule has 0 unspecified atom stereocenters. The summed E-state index contributed by atoms with van der Waals surface area (Å²) in [5.74, 6) is 0.106. The van der Waals surface area contributed by atoms with Crippen LogP contribution in [0.1, 0.15) is 70.0 Å². The van der Waals surface area contributed by atoms with E-state index in [1.165, 1.54) is 29.2 Å². The summed E-state index contributed by atoms with van der Waals surface area (Å²) in [6.45, 7) is 17.4. The Morgan fingerprint density at radius 1 is 0.686 bits per heavy atom. The van der Waals surface area contributed by atoms with E-state index in [0.29, 0.717) is 0 Å². The number of Topliss-reactive ketones (excluding diaryl/α,β-unsaturated/α-hetero) is 1. The third-order valence-electron chi connectivity index (χ3n) is 4.19. The third kappa shape index (κ3) is 18.6.